The van der Waals surface area contributed by atoms with Crippen LogP contribution >= 0.6 is 0 Å². The van der Waals surface area contributed by atoms with E-state index in [1.807, 2.05) is 31.2 Å². The van der Waals surface area contributed by atoms with Crippen LogP contribution in [-0.2, 0) is 9.84 Å². The summed E-state index contributed by atoms with van der Waals surface area (Å²) in [6.07, 6.45) is 1.20. The zero-order valence-electron chi connectivity index (χ0n) is 7.74. The third-order valence-corrected chi connectivity index (χ3v) is 2.23. The number of nitrogens with one attached hydrogen (secondary N) is 1. The molecular formula is C9H13NO2S. The maximum absolute atomic E-state index is 10.8. The Balaban J connectivity index is 2.65. The highest BCUT2D eigenvalue weighted by Crippen LogP contribution is 2.09. The Morgan fingerprint density at radius 3 is 2.62 bits per heavy atom. The molecular weight excluding hydrogens is 186 g/mol. The van der Waals surface area contributed by atoms with E-state index in [-0.39, 0.29) is 5.88 Å². The molecule has 0 unspecified atom stereocenters. The molecule has 1 N–H and O–H groups in total. The fourth-order valence-corrected chi connectivity index (χ4v) is 1.40. The number of anilines is 1. The van der Waals surface area contributed by atoms with Crippen molar-refractivity contribution in [3.8, 4) is 0 Å². The lowest BCUT2D eigenvalue weighted by atomic mass is 10.2. The molecule has 72 valence electrons. The van der Waals surface area contributed by atoms with Crippen LogP contribution in [0.15, 0.2) is 24.3 Å². The van der Waals surface area contributed by atoms with E-state index in [0.717, 1.165) is 11.3 Å². The number of rotatable bonds is 3. The summed E-state index contributed by atoms with van der Waals surface area (Å²) in [5.74, 6) is -0.0174. The normalized spacial score (nSPS) is 11.2. The lowest BCUT2D eigenvalue weighted by Gasteiger charge is -2.04. The summed E-state index contributed by atoms with van der Waals surface area (Å²) in [6, 6.07) is 7.61. The van der Waals surface area contributed by atoms with Gasteiger partial charge < -0.3 is 5.32 Å². The van der Waals surface area contributed by atoms with Gasteiger partial charge in [0.05, 0.1) is 0 Å². The molecule has 3 nitrogen and oxygen atoms in total. The predicted molar refractivity (Wildman–Crippen MR) is 54.5 cm³/mol. The van der Waals surface area contributed by atoms with Crippen molar-refractivity contribution in [1.82, 2.24) is 0 Å². The molecule has 4 heteroatoms. The van der Waals surface area contributed by atoms with Gasteiger partial charge in [-0.05, 0) is 24.6 Å². The first-order valence-corrected chi connectivity index (χ1v) is 6.02. The molecule has 0 saturated heterocycles. The molecule has 0 saturated carbocycles. The second kappa shape index (κ2) is 3.79. The summed E-state index contributed by atoms with van der Waals surface area (Å²) >= 11 is 0. The summed E-state index contributed by atoms with van der Waals surface area (Å²) in [5, 5.41) is 2.84. The van der Waals surface area contributed by atoms with Crippen molar-refractivity contribution >= 4 is 15.5 Å². The zero-order valence-corrected chi connectivity index (χ0v) is 8.56. The summed E-state index contributed by atoms with van der Waals surface area (Å²) in [5.41, 5.74) is 1.95. The first kappa shape index (κ1) is 10.1. The van der Waals surface area contributed by atoms with Gasteiger partial charge in [0.15, 0.2) is 9.84 Å². The molecule has 0 radical (unpaired) electrons. The highest BCUT2D eigenvalue weighted by atomic mass is 32.2. The monoisotopic (exact) mass is 199 g/mol. The maximum atomic E-state index is 10.8. The van der Waals surface area contributed by atoms with Crippen LogP contribution in [0.2, 0.25) is 0 Å². The highest BCUT2D eigenvalue weighted by Gasteiger charge is 2.00. The van der Waals surface area contributed by atoms with Crippen LogP contribution in [0.4, 0.5) is 5.69 Å². The van der Waals surface area contributed by atoms with Crippen molar-refractivity contribution in [3.05, 3.63) is 29.8 Å². The molecule has 0 fully saturated rings. The summed E-state index contributed by atoms with van der Waals surface area (Å²) in [4.78, 5) is 0. The van der Waals surface area contributed by atoms with Gasteiger partial charge in [0, 0.05) is 11.9 Å². The van der Waals surface area contributed by atoms with E-state index in [9.17, 15) is 8.42 Å². The Morgan fingerprint density at radius 1 is 1.38 bits per heavy atom. The Kier molecular flexibility index (Phi) is 2.93. The van der Waals surface area contributed by atoms with Crippen LogP contribution in [0.5, 0.6) is 0 Å². The summed E-state index contributed by atoms with van der Waals surface area (Å²) in [6.45, 7) is 1.96. The van der Waals surface area contributed by atoms with Crippen molar-refractivity contribution in [2.75, 3.05) is 17.4 Å². The van der Waals surface area contributed by atoms with E-state index in [0.29, 0.717) is 0 Å². The molecule has 0 bridgehead atoms. The topological polar surface area (TPSA) is 46.2 Å². The van der Waals surface area contributed by atoms with E-state index in [1.165, 1.54) is 6.26 Å². The third kappa shape index (κ3) is 3.94. The third-order valence-electron chi connectivity index (χ3n) is 1.56. The van der Waals surface area contributed by atoms with Crippen molar-refractivity contribution in [2.45, 2.75) is 6.92 Å². The maximum Gasteiger partial charge on any atom is 0.165 e. The fourth-order valence-electron chi connectivity index (χ4n) is 0.969. The first-order chi connectivity index (χ1) is 5.97. The molecule has 1 aromatic rings. The quantitative estimate of drug-likeness (QED) is 0.800. The molecule has 0 atom stereocenters. The molecule has 0 heterocycles. The van der Waals surface area contributed by atoms with Gasteiger partial charge in [0.25, 0.3) is 0 Å². The van der Waals surface area contributed by atoms with Crippen molar-refractivity contribution in [3.63, 3.8) is 0 Å². The van der Waals surface area contributed by atoms with Crippen LogP contribution in [0, 0.1) is 6.92 Å². The molecule has 1 rings (SSSR count). The number of sulfone groups is 1. The van der Waals surface area contributed by atoms with Gasteiger partial charge in [-0.15, -0.1) is 0 Å². The minimum absolute atomic E-state index is 0.0174. The van der Waals surface area contributed by atoms with Gasteiger partial charge >= 0.3 is 0 Å². The Bertz CT molecular complexity index is 384. The van der Waals surface area contributed by atoms with Gasteiger partial charge in [-0.2, -0.15) is 0 Å². The van der Waals surface area contributed by atoms with Crippen LogP contribution < -0.4 is 5.32 Å². The van der Waals surface area contributed by atoms with Crippen molar-refractivity contribution < 1.29 is 8.42 Å². The fraction of sp³-hybridized carbons (Fsp3) is 0.333. The van der Waals surface area contributed by atoms with Crippen LogP contribution in [-0.4, -0.2) is 20.6 Å². The van der Waals surface area contributed by atoms with Gasteiger partial charge in [0.1, 0.15) is 5.88 Å². The number of hydrogen-bond donors (Lipinski definition) is 1. The Hall–Kier alpha value is -1.03. The Labute approximate surface area is 78.7 Å². The van der Waals surface area contributed by atoms with Crippen molar-refractivity contribution in [2.24, 2.45) is 0 Å². The molecule has 13 heavy (non-hydrogen) atoms. The first-order valence-electron chi connectivity index (χ1n) is 3.96. The number of hydrogen-bond acceptors (Lipinski definition) is 3. The minimum atomic E-state index is -2.95. The van der Waals surface area contributed by atoms with Gasteiger partial charge in [0.2, 0.25) is 0 Å². The second-order valence-corrected chi connectivity index (χ2v) is 5.26. The summed E-state index contributed by atoms with van der Waals surface area (Å²) in [7, 11) is -2.95. The number of benzene rings is 1. The average Bonchev–Trinajstić information content (AvgIpc) is 2.00. The molecule has 0 aliphatic rings. The van der Waals surface area contributed by atoms with E-state index >= 15 is 0 Å². The average molecular weight is 199 g/mol. The van der Waals surface area contributed by atoms with E-state index < -0.39 is 9.84 Å². The number of aryl methyl sites for hydroxylation is 1. The SMILES string of the molecule is Cc1cccc(NCS(C)(=O)=O)c1. The molecule has 1 aromatic carbocycles. The van der Waals surface area contributed by atoms with Crippen LogP contribution in [0.3, 0.4) is 0 Å². The standard InChI is InChI=1S/C9H13NO2S/c1-8-4-3-5-9(6-8)10-7-13(2,11)12/h3-6,10H,7H2,1-2H3. The van der Waals surface area contributed by atoms with Crippen LogP contribution in [0.25, 0.3) is 0 Å². The molecule has 0 aliphatic carbocycles. The van der Waals surface area contributed by atoms with E-state index in [2.05, 4.69) is 5.32 Å². The predicted octanol–water partition coefficient (Wildman–Crippen LogP) is 1.41. The molecule has 0 amide bonds. The smallest absolute Gasteiger partial charge is 0.165 e. The lowest BCUT2D eigenvalue weighted by Crippen LogP contribution is -2.12. The zero-order chi connectivity index (χ0) is 9.90. The van der Waals surface area contributed by atoms with Gasteiger partial charge in [-0.1, -0.05) is 12.1 Å². The minimum Gasteiger partial charge on any atom is -0.372 e. The molecule has 0 spiro atoms. The highest BCUT2D eigenvalue weighted by molar-refractivity contribution is 7.90. The summed E-state index contributed by atoms with van der Waals surface area (Å²) < 4.78 is 21.7. The molecule has 0 aliphatic heterocycles. The molecule has 0 aromatic heterocycles. The van der Waals surface area contributed by atoms with Gasteiger partial charge in [-0.3, -0.25) is 0 Å². The van der Waals surface area contributed by atoms with E-state index in [1.54, 1.807) is 0 Å². The lowest BCUT2D eigenvalue weighted by molar-refractivity contribution is 0.603. The Morgan fingerprint density at radius 2 is 2.08 bits per heavy atom. The van der Waals surface area contributed by atoms with Crippen LogP contribution in [0.1, 0.15) is 5.56 Å². The van der Waals surface area contributed by atoms with Gasteiger partial charge in [-0.25, -0.2) is 8.42 Å². The largest absolute Gasteiger partial charge is 0.372 e. The second-order valence-electron chi connectivity index (χ2n) is 3.12. The van der Waals surface area contributed by atoms with Crippen molar-refractivity contribution in [1.29, 1.82) is 0 Å². The van der Waals surface area contributed by atoms with E-state index in [4.69, 9.17) is 0 Å².